The third-order valence-electron chi connectivity index (χ3n) is 3.08. The number of anilines is 1. The lowest BCUT2D eigenvalue weighted by Gasteiger charge is -2.10. The third kappa shape index (κ3) is 3.31. The second kappa shape index (κ2) is 6.26. The number of aryl methyl sites for hydroxylation is 1. The molecule has 0 spiro atoms. The lowest BCUT2D eigenvalue weighted by Crippen LogP contribution is -2.12. The molecule has 1 N–H and O–H groups in total. The summed E-state index contributed by atoms with van der Waals surface area (Å²) in [6.45, 7) is 1.66. The quantitative estimate of drug-likeness (QED) is 0.938. The van der Waals surface area contributed by atoms with E-state index >= 15 is 0 Å². The molecular weight excluding hydrogens is 273 g/mol. The zero-order valence-corrected chi connectivity index (χ0v) is 12.1. The topological polar surface area (TPSA) is 47.6 Å². The number of hydrogen-bond acceptors (Lipinski definition) is 3. The standard InChI is InChI=1S/C16H16FNO3/c1-10-4-6-12(9-13(10)17)18-16(19)11-5-7-14(20-2)15(8-11)21-3/h4-9H,1-3H3,(H,18,19). The first kappa shape index (κ1) is 14.8. The van der Waals surface area contributed by atoms with Crippen LogP contribution in [0.15, 0.2) is 36.4 Å². The van der Waals surface area contributed by atoms with E-state index in [0.29, 0.717) is 28.3 Å². The summed E-state index contributed by atoms with van der Waals surface area (Å²) in [6.07, 6.45) is 0. The predicted octanol–water partition coefficient (Wildman–Crippen LogP) is 3.40. The maximum absolute atomic E-state index is 13.5. The van der Waals surface area contributed by atoms with Crippen LogP contribution in [0.4, 0.5) is 10.1 Å². The highest BCUT2D eigenvalue weighted by Gasteiger charge is 2.11. The number of carbonyl (C=O) groups is 1. The molecule has 110 valence electrons. The molecule has 0 saturated heterocycles. The fraction of sp³-hybridized carbons (Fsp3) is 0.188. The Hall–Kier alpha value is -2.56. The molecule has 0 heterocycles. The molecule has 5 heteroatoms. The number of benzene rings is 2. The molecule has 0 aliphatic rings. The van der Waals surface area contributed by atoms with Crippen molar-refractivity contribution in [1.29, 1.82) is 0 Å². The SMILES string of the molecule is COc1ccc(C(=O)Nc2ccc(C)c(F)c2)cc1OC. The van der Waals surface area contributed by atoms with Crippen LogP contribution < -0.4 is 14.8 Å². The van der Waals surface area contributed by atoms with Gasteiger partial charge in [-0.05, 0) is 42.8 Å². The molecule has 2 aromatic carbocycles. The van der Waals surface area contributed by atoms with Gasteiger partial charge in [0.05, 0.1) is 14.2 Å². The van der Waals surface area contributed by atoms with E-state index in [2.05, 4.69) is 5.32 Å². The third-order valence-corrected chi connectivity index (χ3v) is 3.08. The molecule has 0 atom stereocenters. The van der Waals surface area contributed by atoms with Crippen LogP contribution in [0.2, 0.25) is 0 Å². The first-order valence-corrected chi connectivity index (χ1v) is 6.34. The minimum atomic E-state index is -0.361. The van der Waals surface area contributed by atoms with E-state index in [1.807, 2.05) is 0 Å². The van der Waals surface area contributed by atoms with E-state index in [1.54, 1.807) is 37.3 Å². The van der Waals surface area contributed by atoms with E-state index < -0.39 is 0 Å². The van der Waals surface area contributed by atoms with Crippen molar-refractivity contribution in [3.63, 3.8) is 0 Å². The molecule has 2 rings (SSSR count). The Morgan fingerprint density at radius 2 is 1.76 bits per heavy atom. The summed E-state index contributed by atoms with van der Waals surface area (Å²) in [5.41, 5.74) is 1.32. The van der Waals surface area contributed by atoms with Gasteiger partial charge in [-0.3, -0.25) is 4.79 Å². The summed E-state index contributed by atoms with van der Waals surface area (Å²) in [4.78, 5) is 12.1. The molecule has 0 bridgehead atoms. The van der Waals surface area contributed by atoms with E-state index in [9.17, 15) is 9.18 Å². The van der Waals surface area contributed by atoms with Gasteiger partial charge in [0.25, 0.3) is 5.91 Å². The molecule has 0 aromatic heterocycles. The summed E-state index contributed by atoms with van der Waals surface area (Å²) >= 11 is 0. The number of hydrogen-bond donors (Lipinski definition) is 1. The van der Waals surface area contributed by atoms with Crippen molar-refractivity contribution in [2.75, 3.05) is 19.5 Å². The van der Waals surface area contributed by atoms with Crippen LogP contribution in [-0.2, 0) is 0 Å². The van der Waals surface area contributed by atoms with Gasteiger partial charge in [-0.25, -0.2) is 4.39 Å². The highest BCUT2D eigenvalue weighted by molar-refractivity contribution is 6.04. The summed E-state index contributed by atoms with van der Waals surface area (Å²) in [6, 6.07) is 9.37. The van der Waals surface area contributed by atoms with Gasteiger partial charge in [0.15, 0.2) is 11.5 Å². The zero-order chi connectivity index (χ0) is 15.4. The van der Waals surface area contributed by atoms with Crippen LogP contribution in [0.1, 0.15) is 15.9 Å². The number of halogens is 1. The van der Waals surface area contributed by atoms with E-state index in [1.165, 1.54) is 20.3 Å². The van der Waals surface area contributed by atoms with Crippen LogP contribution in [0.5, 0.6) is 11.5 Å². The van der Waals surface area contributed by atoms with Gasteiger partial charge in [0, 0.05) is 11.3 Å². The van der Waals surface area contributed by atoms with Gasteiger partial charge >= 0.3 is 0 Å². The Bertz CT molecular complexity index is 671. The van der Waals surface area contributed by atoms with Crippen LogP contribution in [0, 0.1) is 12.7 Å². The van der Waals surface area contributed by atoms with Gasteiger partial charge in [-0.1, -0.05) is 6.07 Å². The Kier molecular flexibility index (Phi) is 4.42. The van der Waals surface area contributed by atoms with Gasteiger partial charge in [0.1, 0.15) is 5.82 Å². The summed E-state index contributed by atoms with van der Waals surface area (Å²) in [5.74, 6) is 0.287. The number of carbonyl (C=O) groups excluding carboxylic acids is 1. The van der Waals surface area contributed by atoms with Crippen molar-refractivity contribution in [1.82, 2.24) is 0 Å². The molecule has 1 amide bonds. The largest absolute Gasteiger partial charge is 0.493 e. The lowest BCUT2D eigenvalue weighted by molar-refractivity contribution is 0.102. The molecule has 4 nitrogen and oxygen atoms in total. The van der Waals surface area contributed by atoms with Gasteiger partial charge in [-0.15, -0.1) is 0 Å². The smallest absolute Gasteiger partial charge is 0.255 e. The van der Waals surface area contributed by atoms with E-state index in [0.717, 1.165) is 0 Å². The van der Waals surface area contributed by atoms with Crippen LogP contribution in [0.25, 0.3) is 0 Å². The van der Waals surface area contributed by atoms with E-state index in [-0.39, 0.29) is 11.7 Å². The molecule has 0 aliphatic heterocycles. The molecule has 0 unspecified atom stereocenters. The Morgan fingerprint density at radius 1 is 1.05 bits per heavy atom. The maximum atomic E-state index is 13.5. The van der Waals surface area contributed by atoms with Crippen molar-refractivity contribution in [3.8, 4) is 11.5 Å². The molecule has 21 heavy (non-hydrogen) atoms. The average molecular weight is 289 g/mol. The first-order valence-electron chi connectivity index (χ1n) is 6.34. The molecule has 0 radical (unpaired) electrons. The molecule has 0 fully saturated rings. The van der Waals surface area contributed by atoms with Crippen LogP contribution in [-0.4, -0.2) is 20.1 Å². The second-order valence-electron chi connectivity index (χ2n) is 4.49. The van der Waals surface area contributed by atoms with Gasteiger partial charge in [-0.2, -0.15) is 0 Å². The summed E-state index contributed by atoms with van der Waals surface area (Å²) in [7, 11) is 3.02. The van der Waals surface area contributed by atoms with Crippen molar-refractivity contribution >= 4 is 11.6 Å². The summed E-state index contributed by atoms with van der Waals surface area (Å²) < 4.78 is 23.7. The number of nitrogens with one attached hydrogen (secondary N) is 1. The molecule has 2 aromatic rings. The normalized spacial score (nSPS) is 10.1. The first-order chi connectivity index (χ1) is 10.0. The Balaban J connectivity index is 2.21. The van der Waals surface area contributed by atoms with Gasteiger partial charge in [0.2, 0.25) is 0 Å². The number of methoxy groups -OCH3 is 2. The number of ether oxygens (including phenoxy) is 2. The molecule has 0 saturated carbocycles. The Morgan fingerprint density at radius 3 is 2.38 bits per heavy atom. The minimum absolute atomic E-state index is 0.348. The average Bonchev–Trinajstić information content (AvgIpc) is 2.50. The zero-order valence-electron chi connectivity index (χ0n) is 12.1. The fourth-order valence-corrected chi connectivity index (χ4v) is 1.85. The number of amides is 1. The fourth-order valence-electron chi connectivity index (χ4n) is 1.85. The Labute approximate surface area is 122 Å². The highest BCUT2D eigenvalue weighted by Crippen LogP contribution is 2.28. The monoisotopic (exact) mass is 289 g/mol. The van der Waals surface area contributed by atoms with E-state index in [4.69, 9.17) is 9.47 Å². The van der Waals surface area contributed by atoms with Crippen molar-refractivity contribution in [3.05, 3.63) is 53.3 Å². The van der Waals surface area contributed by atoms with Crippen molar-refractivity contribution in [2.24, 2.45) is 0 Å². The van der Waals surface area contributed by atoms with Crippen molar-refractivity contribution < 1.29 is 18.7 Å². The molecule has 0 aliphatic carbocycles. The van der Waals surface area contributed by atoms with Crippen LogP contribution in [0.3, 0.4) is 0 Å². The minimum Gasteiger partial charge on any atom is -0.493 e. The summed E-state index contributed by atoms with van der Waals surface area (Å²) in [5, 5.41) is 2.64. The van der Waals surface area contributed by atoms with Crippen LogP contribution >= 0.6 is 0 Å². The second-order valence-corrected chi connectivity index (χ2v) is 4.49. The predicted molar refractivity (Wildman–Crippen MR) is 78.6 cm³/mol. The van der Waals surface area contributed by atoms with Crippen molar-refractivity contribution in [2.45, 2.75) is 6.92 Å². The maximum Gasteiger partial charge on any atom is 0.255 e. The van der Waals surface area contributed by atoms with Gasteiger partial charge < -0.3 is 14.8 Å². The lowest BCUT2D eigenvalue weighted by atomic mass is 10.1. The molecular formula is C16H16FNO3. The number of rotatable bonds is 4. The highest BCUT2D eigenvalue weighted by atomic mass is 19.1.